The molecule has 196 valence electrons. The summed E-state index contributed by atoms with van der Waals surface area (Å²) in [5, 5.41) is 0.981. The number of hydrogen-bond acceptors (Lipinski definition) is 5. The molecule has 1 fully saturated rings. The molecule has 0 unspecified atom stereocenters. The number of aromatic nitrogens is 3. The van der Waals surface area contributed by atoms with Crippen LogP contribution in [-0.2, 0) is 4.79 Å². The van der Waals surface area contributed by atoms with E-state index in [4.69, 9.17) is 14.7 Å². The summed E-state index contributed by atoms with van der Waals surface area (Å²) in [4.78, 5) is 26.2. The lowest BCUT2D eigenvalue weighted by atomic mass is 10.1. The lowest BCUT2D eigenvalue weighted by Gasteiger charge is -2.35. The Kier molecular flexibility index (Phi) is 6.67. The molecule has 1 aliphatic heterocycles. The highest BCUT2D eigenvalue weighted by Crippen LogP contribution is 2.37. The van der Waals surface area contributed by atoms with Crippen LogP contribution >= 0.6 is 0 Å². The number of hydrogen-bond donors (Lipinski definition) is 0. The number of aryl methyl sites for hydroxylation is 1. The second-order valence-corrected chi connectivity index (χ2v) is 9.55. The van der Waals surface area contributed by atoms with Crippen LogP contribution in [0.25, 0.3) is 27.8 Å². The van der Waals surface area contributed by atoms with Crippen molar-refractivity contribution >= 4 is 22.8 Å². The molecule has 8 heteroatoms. The van der Waals surface area contributed by atoms with Crippen molar-refractivity contribution in [2.75, 3.05) is 37.7 Å². The van der Waals surface area contributed by atoms with Gasteiger partial charge in [-0.1, -0.05) is 60.7 Å². The first kappa shape index (κ1) is 24.6. The van der Waals surface area contributed by atoms with Gasteiger partial charge in [-0.3, -0.25) is 4.79 Å². The number of halogens is 1. The van der Waals surface area contributed by atoms with E-state index in [0.717, 1.165) is 39.2 Å². The Morgan fingerprint density at radius 3 is 2.38 bits per heavy atom. The monoisotopic (exact) mass is 521 g/mol. The second kappa shape index (κ2) is 10.6. The summed E-state index contributed by atoms with van der Waals surface area (Å²) in [5.41, 5.74) is 5.20. The Balaban J connectivity index is 1.28. The lowest BCUT2D eigenvalue weighted by molar-refractivity contribution is -0.133. The van der Waals surface area contributed by atoms with Gasteiger partial charge in [-0.2, -0.15) is 0 Å². The van der Waals surface area contributed by atoms with Crippen LogP contribution in [0, 0.1) is 12.7 Å². The number of nitrogens with zero attached hydrogens (tertiary/aromatic N) is 5. The molecule has 7 nitrogen and oxygen atoms in total. The molecule has 1 aliphatic rings. The van der Waals surface area contributed by atoms with E-state index in [2.05, 4.69) is 46.9 Å². The van der Waals surface area contributed by atoms with Crippen molar-refractivity contribution in [2.45, 2.75) is 6.92 Å². The fourth-order valence-corrected chi connectivity index (χ4v) is 5.10. The van der Waals surface area contributed by atoms with Gasteiger partial charge in [-0.25, -0.2) is 14.4 Å². The smallest absolute Gasteiger partial charge is 0.260 e. The molecule has 39 heavy (non-hydrogen) atoms. The zero-order valence-electron chi connectivity index (χ0n) is 21.6. The lowest BCUT2D eigenvalue weighted by Crippen LogP contribution is -2.50. The zero-order valence-corrected chi connectivity index (χ0v) is 21.6. The van der Waals surface area contributed by atoms with Crippen molar-refractivity contribution in [3.63, 3.8) is 0 Å². The maximum absolute atomic E-state index is 13.9. The summed E-state index contributed by atoms with van der Waals surface area (Å²) in [6.45, 7) is 4.16. The van der Waals surface area contributed by atoms with Crippen LogP contribution in [0.3, 0.4) is 0 Å². The van der Waals surface area contributed by atoms with E-state index < -0.39 is 5.82 Å². The highest BCUT2D eigenvalue weighted by molar-refractivity contribution is 6.02. The molecule has 0 saturated carbocycles. The van der Waals surface area contributed by atoms with Crippen molar-refractivity contribution in [2.24, 2.45) is 0 Å². The van der Waals surface area contributed by atoms with Crippen LogP contribution in [0.2, 0.25) is 0 Å². The summed E-state index contributed by atoms with van der Waals surface area (Å²) in [5.74, 6) is 0.288. The largest absolute Gasteiger partial charge is 0.481 e. The third kappa shape index (κ3) is 4.81. The minimum Gasteiger partial charge on any atom is -0.481 e. The average molecular weight is 522 g/mol. The molecule has 2 aromatic heterocycles. The molecule has 0 radical (unpaired) electrons. The number of piperazine rings is 1. The maximum atomic E-state index is 13.9. The molecule has 5 aromatic rings. The standard InChI is InChI=1S/C31H28FN5O2/c1-22-9-5-7-13-26(22)37-19-24(23-10-3-2-4-11-23)29-30(33-21-34-31(29)37)36-17-15-35(16-18-36)28(38)20-39-27-14-8-6-12-25(27)32/h2-14,19,21H,15-18,20H2,1H3. The molecule has 0 aliphatic carbocycles. The fraction of sp³-hybridized carbons (Fsp3) is 0.194. The molecule has 3 aromatic carbocycles. The quantitative estimate of drug-likeness (QED) is 0.305. The Morgan fingerprint density at radius 1 is 0.897 bits per heavy atom. The number of carbonyl (C=O) groups excluding carboxylic acids is 1. The van der Waals surface area contributed by atoms with E-state index in [-0.39, 0.29) is 18.3 Å². The molecule has 0 spiro atoms. The van der Waals surface area contributed by atoms with Crippen LogP contribution < -0.4 is 9.64 Å². The Morgan fingerprint density at radius 2 is 1.62 bits per heavy atom. The van der Waals surface area contributed by atoms with Crippen molar-refractivity contribution < 1.29 is 13.9 Å². The van der Waals surface area contributed by atoms with Gasteiger partial charge in [0.05, 0.1) is 5.39 Å². The van der Waals surface area contributed by atoms with Gasteiger partial charge in [0.1, 0.15) is 12.1 Å². The molecular weight excluding hydrogens is 493 g/mol. The molecule has 1 saturated heterocycles. The van der Waals surface area contributed by atoms with E-state index in [0.29, 0.717) is 26.2 Å². The van der Waals surface area contributed by atoms with Crippen LogP contribution in [0.4, 0.5) is 10.2 Å². The predicted octanol–water partition coefficient (Wildman–Crippen LogP) is 5.26. The predicted molar refractivity (Wildman–Crippen MR) is 150 cm³/mol. The minimum atomic E-state index is -0.477. The fourth-order valence-electron chi connectivity index (χ4n) is 5.10. The summed E-state index contributed by atoms with van der Waals surface area (Å²) >= 11 is 0. The van der Waals surface area contributed by atoms with Crippen molar-refractivity contribution in [1.29, 1.82) is 0 Å². The third-order valence-corrected chi connectivity index (χ3v) is 7.14. The van der Waals surface area contributed by atoms with Gasteiger partial charge in [0, 0.05) is 43.6 Å². The van der Waals surface area contributed by atoms with Gasteiger partial charge < -0.3 is 19.1 Å². The summed E-state index contributed by atoms with van der Waals surface area (Å²) < 4.78 is 21.4. The van der Waals surface area contributed by atoms with Crippen molar-refractivity contribution in [3.8, 4) is 22.6 Å². The average Bonchev–Trinajstić information content (AvgIpc) is 3.37. The topological polar surface area (TPSA) is 63.5 Å². The number of ether oxygens (including phenoxy) is 1. The van der Waals surface area contributed by atoms with Crippen LogP contribution in [0.1, 0.15) is 5.56 Å². The number of para-hydroxylation sites is 2. The number of anilines is 1. The maximum Gasteiger partial charge on any atom is 0.260 e. The minimum absolute atomic E-state index is 0.0828. The Bertz CT molecular complexity index is 1630. The SMILES string of the molecule is Cc1ccccc1-n1cc(-c2ccccc2)c2c(N3CCN(C(=O)COc4ccccc4F)CC3)ncnc21. The van der Waals surface area contributed by atoms with E-state index >= 15 is 0 Å². The molecule has 0 atom stereocenters. The van der Waals surface area contributed by atoms with Gasteiger partial charge >= 0.3 is 0 Å². The van der Waals surface area contributed by atoms with Gasteiger partial charge in [-0.15, -0.1) is 0 Å². The third-order valence-electron chi connectivity index (χ3n) is 7.14. The number of amides is 1. The van der Waals surface area contributed by atoms with Crippen LogP contribution in [-0.4, -0.2) is 58.1 Å². The van der Waals surface area contributed by atoms with E-state index in [9.17, 15) is 9.18 Å². The first-order valence-corrected chi connectivity index (χ1v) is 13.0. The van der Waals surface area contributed by atoms with Gasteiger partial charge in [0.25, 0.3) is 5.91 Å². The van der Waals surface area contributed by atoms with Gasteiger partial charge in [-0.05, 0) is 36.2 Å². The summed E-state index contributed by atoms with van der Waals surface area (Å²) in [6, 6.07) is 24.6. The Hall–Kier alpha value is -4.72. The van der Waals surface area contributed by atoms with Crippen LogP contribution in [0.15, 0.2) is 91.4 Å². The first-order valence-electron chi connectivity index (χ1n) is 13.0. The molecule has 1 amide bonds. The number of rotatable bonds is 6. The molecule has 6 rings (SSSR count). The first-order chi connectivity index (χ1) is 19.1. The highest BCUT2D eigenvalue weighted by Gasteiger charge is 2.26. The van der Waals surface area contributed by atoms with Crippen molar-refractivity contribution in [3.05, 3.63) is 103 Å². The van der Waals surface area contributed by atoms with Crippen LogP contribution in [0.5, 0.6) is 5.75 Å². The number of carbonyl (C=O) groups is 1. The zero-order chi connectivity index (χ0) is 26.8. The summed E-state index contributed by atoms with van der Waals surface area (Å²) in [6.07, 6.45) is 3.75. The molecular formula is C31H28FN5O2. The second-order valence-electron chi connectivity index (χ2n) is 9.55. The normalized spacial score (nSPS) is 13.6. The van der Waals surface area contributed by atoms with E-state index in [1.54, 1.807) is 23.4 Å². The summed E-state index contributed by atoms with van der Waals surface area (Å²) in [7, 11) is 0. The Labute approximate surface area is 226 Å². The van der Waals surface area contributed by atoms with Gasteiger partial charge in [0.15, 0.2) is 23.8 Å². The van der Waals surface area contributed by atoms with Gasteiger partial charge in [0.2, 0.25) is 0 Å². The molecule has 3 heterocycles. The van der Waals surface area contributed by atoms with Crippen molar-refractivity contribution in [1.82, 2.24) is 19.4 Å². The molecule has 0 bridgehead atoms. The van der Waals surface area contributed by atoms with E-state index in [1.165, 1.54) is 12.1 Å². The number of fused-ring (bicyclic) bond motifs is 1. The molecule has 0 N–H and O–H groups in total. The van der Waals surface area contributed by atoms with E-state index in [1.807, 2.05) is 30.3 Å². The number of benzene rings is 3. The highest BCUT2D eigenvalue weighted by atomic mass is 19.1.